The van der Waals surface area contributed by atoms with Crippen LogP contribution in [0.25, 0.3) is 22.2 Å². The van der Waals surface area contributed by atoms with Crippen LogP contribution in [0.3, 0.4) is 0 Å². The van der Waals surface area contributed by atoms with Crippen LogP contribution in [0.5, 0.6) is 0 Å². The zero-order valence-electron chi connectivity index (χ0n) is 18.7. The molecule has 0 saturated carbocycles. The topological polar surface area (TPSA) is 99.3 Å². The van der Waals surface area contributed by atoms with E-state index in [1.165, 1.54) is 35.2 Å². The number of alkyl halides is 3. The molecule has 36 heavy (non-hydrogen) atoms. The molecule has 0 atom stereocenters. The Bertz CT molecular complexity index is 1510. The number of benzene rings is 1. The Balaban J connectivity index is 1.56. The molecule has 0 N–H and O–H groups in total. The number of hydrogen-bond donors (Lipinski definition) is 0. The summed E-state index contributed by atoms with van der Waals surface area (Å²) in [6.45, 7) is 1.03. The van der Waals surface area contributed by atoms with E-state index in [1.54, 1.807) is 35.0 Å². The molecule has 3 aromatic heterocycles. The number of carbonyl (C=O) groups excluding carboxylic acids is 1. The van der Waals surface area contributed by atoms with Crippen LogP contribution in [0.1, 0.15) is 18.5 Å². The molecule has 1 aliphatic heterocycles. The van der Waals surface area contributed by atoms with Crippen molar-refractivity contribution in [2.45, 2.75) is 30.5 Å². The molecule has 0 bridgehead atoms. The highest BCUT2D eigenvalue weighted by molar-refractivity contribution is 7.89. The second-order valence-corrected chi connectivity index (χ2v) is 10.2. The molecular weight excluding hydrogens is 499 g/mol. The number of hydrogen-bond acceptors (Lipinski definition) is 6. The van der Waals surface area contributed by atoms with E-state index in [2.05, 4.69) is 9.97 Å². The van der Waals surface area contributed by atoms with Gasteiger partial charge in [-0.05, 0) is 48.2 Å². The molecule has 4 heterocycles. The molecule has 13 heteroatoms. The Kier molecular flexibility index (Phi) is 6.04. The summed E-state index contributed by atoms with van der Waals surface area (Å²) in [5.74, 6) is -2.38. The van der Waals surface area contributed by atoms with E-state index in [0.717, 1.165) is 17.6 Å². The van der Waals surface area contributed by atoms with Gasteiger partial charge < -0.3 is 9.40 Å². The average Bonchev–Trinajstić information content (AvgIpc) is 3.61. The third kappa shape index (κ3) is 4.46. The largest absolute Gasteiger partial charge is 0.493 e. The number of pyridine rings is 1. The van der Waals surface area contributed by atoms with Gasteiger partial charge in [0, 0.05) is 37.1 Å². The van der Waals surface area contributed by atoms with Crippen molar-refractivity contribution in [3.63, 3.8) is 0 Å². The second kappa shape index (κ2) is 9.06. The van der Waals surface area contributed by atoms with Gasteiger partial charge in [-0.3, -0.25) is 0 Å². The first-order valence-corrected chi connectivity index (χ1v) is 12.4. The lowest BCUT2D eigenvalue weighted by atomic mass is 10.0. The Labute approximate surface area is 203 Å². The van der Waals surface area contributed by atoms with Crippen molar-refractivity contribution in [1.29, 1.82) is 0 Å². The van der Waals surface area contributed by atoms with Gasteiger partial charge in [0.1, 0.15) is 0 Å². The van der Waals surface area contributed by atoms with Crippen molar-refractivity contribution in [1.82, 2.24) is 23.6 Å². The summed E-state index contributed by atoms with van der Waals surface area (Å²) in [4.78, 5) is 24.6. The van der Waals surface area contributed by atoms with Gasteiger partial charge in [-0.1, -0.05) is 12.1 Å². The molecular formula is C23H20F3N5O4S. The quantitative estimate of drug-likeness (QED) is 0.388. The van der Waals surface area contributed by atoms with Crippen LogP contribution in [0.2, 0.25) is 0 Å². The monoisotopic (exact) mass is 519 g/mol. The fourth-order valence-electron chi connectivity index (χ4n) is 4.18. The molecule has 1 fully saturated rings. The van der Waals surface area contributed by atoms with E-state index < -0.39 is 22.2 Å². The number of fused-ring (bicyclic) bond motifs is 1. The molecule has 4 aromatic rings. The van der Waals surface area contributed by atoms with E-state index in [9.17, 15) is 26.4 Å². The first kappa shape index (κ1) is 24.0. The van der Waals surface area contributed by atoms with Gasteiger partial charge in [0.2, 0.25) is 10.0 Å². The minimum atomic E-state index is -5.20. The normalized spacial score (nSPS) is 15.0. The minimum Gasteiger partial charge on any atom is -0.331 e. The summed E-state index contributed by atoms with van der Waals surface area (Å²) in [5, 5.41) is 0.428. The van der Waals surface area contributed by atoms with E-state index in [4.69, 9.17) is 4.84 Å². The van der Waals surface area contributed by atoms with E-state index >= 15 is 0 Å². The lowest BCUT2D eigenvalue weighted by Crippen LogP contribution is -2.34. The van der Waals surface area contributed by atoms with Crippen LogP contribution < -0.4 is 4.84 Å². The Morgan fingerprint density at radius 3 is 2.42 bits per heavy atom. The van der Waals surface area contributed by atoms with Gasteiger partial charge in [-0.15, -0.1) is 0 Å². The molecule has 5 rings (SSSR count). The smallest absolute Gasteiger partial charge is 0.331 e. The van der Waals surface area contributed by atoms with Crippen LogP contribution >= 0.6 is 0 Å². The number of halogens is 3. The number of aromatic nitrogens is 4. The van der Waals surface area contributed by atoms with Gasteiger partial charge in [0.15, 0.2) is 5.65 Å². The summed E-state index contributed by atoms with van der Waals surface area (Å²) in [6.07, 6.45) is 2.43. The summed E-state index contributed by atoms with van der Waals surface area (Å²) < 4.78 is 68.4. The third-order valence-electron chi connectivity index (χ3n) is 5.91. The maximum absolute atomic E-state index is 13.0. The number of carbonyl (C=O) groups is 1. The van der Waals surface area contributed by atoms with Gasteiger partial charge in [0.05, 0.1) is 23.5 Å². The van der Waals surface area contributed by atoms with Crippen molar-refractivity contribution in [3.8, 4) is 11.1 Å². The highest BCUT2D eigenvalue weighted by Gasteiger charge is 2.42. The lowest BCUT2D eigenvalue weighted by molar-refractivity contribution is -0.199. The summed E-state index contributed by atoms with van der Waals surface area (Å²) in [6, 6.07) is 9.50. The Hall–Kier alpha value is -3.71. The minimum absolute atomic E-state index is 0.00831. The van der Waals surface area contributed by atoms with Crippen LogP contribution in [0, 0.1) is 0 Å². The van der Waals surface area contributed by atoms with Crippen molar-refractivity contribution < 1.29 is 31.2 Å². The number of rotatable bonds is 6. The van der Waals surface area contributed by atoms with E-state index in [1.807, 2.05) is 0 Å². The highest BCUT2D eigenvalue weighted by atomic mass is 32.2. The molecule has 9 nitrogen and oxygen atoms in total. The fraction of sp³-hybridized carbons (Fsp3) is 0.261. The standard InChI is InChI=1S/C23H20F3N5O4S/c24-23(25,26)22(32)35-31-17(14-29-12-9-27-15-29)13-20-19(7-8-28-21(20)31)16-3-5-18(6-4-16)36(33,34)30-10-1-2-11-30/h3-9,12-13,15H,1-2,10-11,14H2. The molecule has 1 aliphatic rings. The van der Waals surface area contributed by atoms with Crippen LogP contribution in [-0.2, 0) is 21.4 Å². The van der Waals surface area contributed by atoms with E-state index in [0.29, 0.717) is 29.6 Å². The van der Waals surface area contributed by atoms with Crippen molar-refractivity contribution in [2.24, 2.45) is 0 Å². The SMILES string of the molecule is O=C(On1c(Cn2ccnc2)cc2c(-c3ccc(S(=O)(=O)N4CCCC4)cc3)ccnc21)C(F)(F)F. The molecule has 1 saturated heterocycles. The maximum atomic E-state index is 13.0. The first-order chi connectivity index (χ1) is 17.1. The fourth-order valence-corrected chi connectivity index (χ4v) is 5.69. The molecule has 0 radical (unpaired) electrons. The third-order valence-corrected chi connectivity index (χ3v) is 7.82. The van der Waals surface area contributed by atoms with Crippen molar-refractivity contribution in [3.05, 3.63) is 67.0 Å². The molecule has 0 spiro atoms. The van der Waals surface area contributed by atoms with Crippen LogP contribution in [0.15, 0.2) is 66.2 Å². The first-order valence-electron chi connectivity index (χ1n) is 11.0. The van der Waals surface area contributed by atoms with Crippen molar-refractivity contribution >= 4 is 27.0 Å². The Morgan fingerprint density at radius 2 is 1.78 bits per heavy atom. The highest BCUT2D eigenvalue weighted by Crippen LogP contribution is 2.32. The number of sulfonamides is 1. The average molecular weight is 520 g/mol. The zero-order valence-corrected chi connectivity index (χ0v) is 19.5. The molecule has 188 valence electrons. The zero-order chi connectivity index (χ0) is 25.5. The van der Waals surface area contributed by atoms with Gasteiger partial charge in [-0.25, -0.2) is 23.2 Å². The summed E-state index contributed by atoms with van der Waals surface area (Å²) in [5.41, 5.74) is 1.44. The van der Waals surface area contributed by atoms with Crippen LogP contribution in [0.4, 0.5) is 13.2 Å². The van der Waals surface area contributed by atoms with Gasteiger partial charge in [-0.2, -0.15) is 22.2 Å². The van der Waals surface area contributed by atoms with Crippen molar-refractivity contribution in [2.75, 3.05) is 13.1 Å². The second-order valence-electron chi connectivity index (χ2n) is 8.27. The molecule has 1 aromatic carbocycles. The molecule has 0 aliphatic carbocycles. The maximum Gasteiger partial charge on any atom is 0.493 e. The van der Waals surface area contributed by atoms with Gasteiger partial charge in [0.25, 0.3) is 0 Å². The predicted molar refractivity (Wildman–Crippen MR) is 122 cm³/mol. The van der Waals surface area contributed by atoms with E-state index in [-0.39, 0.29) is 22.8 Å². The number of imidazole rings is 1. The predicted octanol–water partition coefficient (Wildman–Crippen LogP) is 3.25. The molecule has 0 unspecified atom stereocenters. The summed E-state index contributed by atoms with van der Waals surface area (Å²) in [7, 11) is -3.60. The Morgan fingerprint density at radius 1 is 1.06 bits per heavy atom. The van der Waals surface area contributed by atoms with Crippen LogP contribution in [-0.4, -0.2) is 57.2 Å². The summed E-state index contributed by atoms with van der Waals surface area (Å²) >= 11 is 0. The lowest BCUT2D eigenvalue weighted by Gasteiger charge is -2.15. The van der Waals surface area contributed by atoms with Gasteiger partial charge >= 0.3 is 12.1 Å². The molecule has 0 amide bonds. The number of nitrogens with zero attached hydrogens (tertiary/aromatic N) is 5.